The van der Waals surface area contributed by atoms with E-state index < -0.39 is 0 Å². The molecular weight excluding hydrogens is 178 g/mol. The van der Waals surface area contributed by atoms with E-state index in [1.54, 1.807) is 19.2 Å². The third-order valence-corrected chi connectivity index (χ3v) is 1.89. The van der Waals surface area contributed by atoms with Crippen LogP contribution in [0.15, 0.2) is 24.3 Å². The molecule has 0 unspecified atom stereocenters. The lowest BCUT2D eigenvalue weighted by Crippen LogP contribution is -2.37. The highest BCUT2D eigenvalue weighted by Gasteiger charge is 2.08. The minimum absolute atomic E-state index is 0.127. The van der Waals surface area contributed by atoms with Crippen molar-refractivity contribution in [2.45, 2.75) is 6.92 Å². The number of amides is 2. The predicted octanol–water partition coefficient (Wildman–Crippen LogP) is 1.43. The molecule has 4 nitrogen and oxygen atoms in total. The number of urea groups is 1. The zero-order valence-electron chi connectivity index (χ0n) is 8.45. The van der Waals surface area contributed by atoms with Gasteiger partial charge in [-0.1, -0.05) is 6.07 Å². The van der Waals surface area contributed by atoms with Gasteiger partial charge in [0.1, 0.15) is 0 Å². The van der Waals surface area contributed by atoms with E-state index in [0.717, 1.165) is 5.69 Å². The van der Waals surface area contributed by atoms with E-state index in [4.69, 9.17) is 5.73 Å². The van der Waals surface area contributed by atoms with Crippen LogP contribution in [-0.4, -0.2) is 19.6 Å². The first-order valence-corrected chi connectivity index (χ1v) is 4.52. The van der Waals surface area contributed by atoms with E-state index in [1.165, 1.54) is 4.90 Å². The second kappa shape index (κ2) is 4.50. The standard InChI is InChI=1S/C10H15N3O/c1-3-12-10(14)13(2)9-6-4-5-8(11)7-9/h4-7H,3,11H2,1-2H3,(H,12,14). The number of anilines is 2. The summed E-state index contributed by atoms with van der Waals surface area (Å²) in [4.78, 5) is 13.0. The highest BCUT2D eigenvalue weighted by atomic mass is 16.2. The summed E-state index contributed by atoms with van der Waals surface area (Å²) in [6.07, 6.45) is 0. The number of nitrogen functional groups attached to an aromatic ring is 1. The van der Waals surface area contributed by atoms with Crippen molar-refractivity contribution >= 4 is 17.4 Å². The fourth-order valence-corrected chi connectivity index (χ4v) is 1.12. The maximum Gasteiger partial charge on any atom is 0.321 e. The Bertz CT molecular complexity index is 325. The largest absolute Gasteiger partial charge is 0.399 e. The second-order valence-electron chi connectivity index (χ2n) is 2.99. The Balaban J connectivity index is 2.78. The van der Waals surface area contributed by atoms with Crippen LogP contribution in [0.2, 0.25) is 0 Å². The zero-order valence-corrected chi connectivity index (χ0v) is 8.45. The van der Waals surface area contributed by atoms with E-state index in [1.807, 2.05) is 19.1 Å². The van der Waals surface area contributed by atoms with Gasteiger partial charge in [0.05, 0.1) is 0 Å². The molecule has 0 fully saturated rings. The van der Waals surface area contributed by atoms with E-state index in [-0.39, 0.29) is 6.03 Å². The Morgan fingerprint density at radius 3 is 2.86 bits per heavy atom. The van der Waals surface area contributed by atoms with Gasteiger partial charge in [0.2, 0.25) is 0 Å². The molecule has 0 aromatic heterocycles. The molecule has 0 bridgehead atoms. The fraction of sp³-hybridized carbons (Fsp3) is 0.300. The molecule has 0 saturated heterocycles. The maximum absolute atomic E-state index is 11.4. The smallest absolute Gasteiger partial charge is 0.321 e. The van der Waals surface area contributed by atoms with Crippen LogP contribution >= 0.6 is 0 Å². The van der Waals surface area contributed by atoms with Crippen LogP contribution in [0, 0.1) is 0 Å². The molecule has 0 atom stereocenters. The highest BCUT2D eigenvalue weighted by Crippen LogP contribution is 2.15. The zero-order chi connectivity index (χ0) is 10.6. The number of carbonyl (C=O) groups excluding carboxylic acids is 1. The summed E-state index contributed by atoms with van der Waals surface area (Å²) in [5, 5.41) is 2.71. The summed E-state index contributed by atoms with van der Waals surface area (Å²) in [7, 11) is 1.71. The molecule has 0 spiro atoms. The van der Waals surface area contributed by atoms with Crippen LogP contribution in [0.1, 0.15) is 6.92 Å². The van der Waals surface area contributed by atoms with Crippen LogP contribution in [0.25, 0.3) is 0 Å². The van der Waals surface area contributed by atoms with Crippen LogP contribution in [0.5, 0.6) is 0 Å². The number of benzene rings is 1. The van der Waals surface area contributed by atoms with E-state index >= 15 is 0 Å². The number of carbonyl (C=O) groups is 1. The molecule has 1 aromatic rings. The maximum atomic E-state index is 11.4. The van der Waals surface area contributed by atoms with Gasteiger partial charge in [0.15, 0.2) is 0 Å². The highest BCUT2D eigenvalue weighted by molar-refractivity contribution is 5.91. The van der Waals surface area contributed by atoms with Crippen molar-refractivity contribution in [3.63, 3.8) is 0 Å². The number of hydrogen-bond donors (Lipinski definition) is 2. The molecule has 4 heteroatoms. The Morgan fingerprint density at radius 1 is 1.57 bits per heavy atom. The van der Waals surface area contributed by atoms with Gasteiger partial charge in [-0.2, -0.15) is 0 Å². The molecule has 2 amide bonds. The number of nitrogens with zero attached hydrogens (tertiary/aromatic N) is 1. The molecule has 0 aliphatic heterocycles. The molecule has 0 radical (unpaired) electrons. The predicted molar refractivity (Wildman–Crippen MR) is 58.3 cm³/mol. The molecular formula is C10H15N3O. The van der Waals surface area contributed by atoms with Crippen molar-refractivity contribution < 1.29 is 4.79 Å². The van der Waals surface area contributed by atoms with Crippen LogP contribution < -0.4 is 16.0 Å². The van der Waals surface area contributed by atoms with Gasteiger partial charge >= 0.3 is 6.03 Å². The summed E-state index contributed by atoms with van der Waals surface area (Å²) in [5.41, 5.74) is 7.05. The lowest BCUT2D eigenvalue weighted by Gasteiger charge is -2.17. The van der Waals surface area contributed by atoms with Crippen molar-refractivity contribution in [1.82, 2.24) is 5.32 Å². The third-order valence-electron chi connectivity index (χ3n) is 1.89. The molecule has 0 heterocycles. The van der Waals surface area contributed by atoms with Crippen molar-refractivity contribution in [1.29, 1.82) is 0 Å². The number of hydrogen-bond acceptors (Lipinski definition) is 2. The molecule has 3 N–H and O–H groups in total. The fourth-order valence-electron chi connectivity index (χ4n) is 1.12. The van der Waals surface area contributed by atoms with Gasteiger partial charge in [-0.15, -0.1) is 0 Å². The molecule has 1 rings (SSSR count). The first-order valence-electron chi connectivity index (χ1n) is 4.52. The average Bonchev–Trinajstić information content (AvgIpc) is 2.17. The van der Waals surface area contributed by atoms with E-state index in [0.29, 0.717) is 12.2 Å². The monoisotopic (exact) mass is 193 g/mol. The summed E-state index contributed by atoms with van der Waals surface area (Å²) < 4.78 is 0. The third kappa shape index (κ3) is 2.39. The molecule has 0 aliphatic rings. The van der Waals surface area contributed by atoms with Crippen molar-refractivity contribution in [2.75, 3.05) is 24.2 Å². The van der Waals surface area contributed by atoms with Gasteiger partial charge in [0, 0.05) is 25.0 Å². The number of nitrogens with two attached hydrogens (primary N) is 1. The molecule has 0 saturated carbocycles. The lowest BCUT2D eigenvalue weighted by atomic mass is 10.2. The summed E-state index contributed by atoms with van der Waals surface area (Å²) in [5.74, 6) is 0. The van der Waals surface area contributed by atoms with Crippen LogP contribution in [0.3, 0.4) is 0 Å². The molecule has 1 aromatic carbocycles. The summed E-state index contributed by atoms with van der Waals surface area (Å²) in [6, 6.07) is 7.08. The van der Waals surface area contributed by atoms with Gasteiger partial charge in [-0.05, 0) is 25.1 Å². The Hall–Kier alpha value is -1.71. The van der Waals surface area contributed by atoms with Crippen LogP contribution in [-0.2, 0) is 0 Å². The average molecular weight is 193 g/mol. The minimum Gasteiger partial charge on any atom is -0.399 e. The van der Waals surface area contributed by atoms with Gasteiger partial charge < -0.3 is 11.1 Å². The van der Waals surface area contributed by atoms with Crippen molar-refractivity contribution in [2.24, 2.45) is 0 Å². The quantitative estimate of drug-likeness (QED) is 0.698. The minimum atomic E-state index is -0.127. The second-order valence-corrected chi connectivity index (χ2v) is 2.99. The Morgan fingerprint density at radius 2 is 2.29 bits per heavy atom. The SMILES string of the molecule is CCNC(=O)N(C)c1cccc(N)c1. The lowest BCUT2D eigenvalue weighted by molar-refractivity contribution is 0.248. The normalized spacial score (nSPS) is 9.57. The topological polar surface area (TPSA) is 58.4 Å². The Labute approximate surface area is 83.7 Å². The van der Waals surface area contributed by atoms with Crippen LogP contribution in [0.4, 0.5) is 16.2 Å². The first-order chi connectivity index (χ1) is 6.65. The van der Waals surface area contributed by atoms with Gasteiger partial charge in [-0.3, -0.25) is 4.90 Å². The molecule has 0 aliphatic carbocycles. The van der Waals surface area contributed by atoms with E-state index in [9.17, 15) is 4.79 Å². The van der Waals surface area contributed by atoms with Crippen molar-refractivity contribution in [3.05, 3.63) is 24.3 Å². The van der Waals surface area contributed by atoms with Gasteiger partial charge in [-0.25, -0.2) is 4.79 Å². The molecule has 14 heavy (non-hydrogen) atoms. The summed E-state index contributed by atoms with van der Waals surface area (Å²) in [6.45, 7) is 2.50. The molecule has 76 valence electrons. The van der Waals surface area contributed by atoms with Gasteiger partial charge in [0.25, 0.3) is 0 Å². The number of nitrogens with one attached hydrogen (secondary N) is 1. The van der Waals surface area contributed by atoms with Crippen molar-refractivity contribution in [3.8, 4) is 0 Å². The Kier molecular flexibility index (Phi) is 3.34. The first kappa shape index (κ1) is 10.4. The summed E-state index contributed by atoms with van der Waals surface area (Å²) >= 11 is 0. The van der Waals surface area contributed by atoms with E-state index in [2.05, 4.69) is 5.32 Å². The number of rotatable bonds is 2.